The van der Waals surface area contributed by atoms with E-state index in [1.54, 1.807) is 30.5 Å². The van der Waals surface area contributed by atoms with Gasteiger partial charge in [0, 0.05) is 18.3 Å². The third kappa shape index (κ3) is 4.64. The van der Waals surface area contributed by atoms with Gasteiger partial charge in [0.15, 0.2) is 23.3 Å². The van der Waals surface area contributed by atoms with Crippen LogP contribution in [0.3, 0.4) is 0 Å². The zero-order valence-electron chi connectivity index (χ0n) is 16.0. The van der Waals surface area contributed by atoms with Gasteiger partial charge in [-0.3, -0.25) is 24.8 Å². The number of nitro groups is 1. The molecule has 2 heterocycles. The Morgan fingerprint density at radius 3 is 2.71 bits per heavy atom. The molecular formula is C21H15FN4O4S. The molecule has 2 aromatic heterocycles. The van der Waals surface area contributed by atoms with Crippen LogP contribution in [0.25, 0.3) is 10.2 Å². The number of para-hydroxylation sites is 1. The van der Waals surface area contributed by atoms with Gasteiger partial charge in [-0.1, -0.05) is 29.5 Å². The number of nitro benzene ring substituents is 1. The van der Waals surface area contributed by atoms with Crippen molar-refractivity contribution in [1.82, 2.24) is 9.97 Å². The molecular weight excluding hydrogens is 423 g/mol. The number of ether oxygens (including phenoxy) is 1. The molecule has 2 aromatic carbocycles. The van der Waals surface area contributed by atoms with E-state index in [1.165, 1.54) is 41.3 Å². The van der Waals surface area contributed by atoms with E-state index < -0.39 is 23.3 Å². The van der Waals surface area contributed by atoms with Gasteiger partial charge in [-0.15, -0.1) is 0 Å². The molecule has 10 heteroatoms. The number of fused-ring (bicyclic) bond motifs is 1. The van der Waals surface area contributed by atoms with E-state index in [-0.39, 0.29) is 18.0 Å². The maximum Gasteiger partial charge on any atom is 0.270 e. The topological polar surface area (TPSA) is 98.5 Å². The van der Waals surface area contributed by atoms with Gasteiger partial charge >= 0.3 is 0 Å². The van der Waals surface area contributed by atoms with E-state index in [2.05, 4.69) is 9.97 Å². The molecule has 0 fully saturated rings. The minimum atomic E-state index is -0.570. The Kier molecular flexibility index (Phi) is 5.80. The van der Waals surface area contributed by atoms with Crippen molar-refractivity contribution in [2.45, 2.75) is 6.54 Å². The summed E-state index contributed by atoms with van der Waals surface area (Å²) in [6.45, 7) is -0.300. The quantitative estimate of drug-likeness (QED) is 0.314. The summed E-state index contributed by atoms with van der Waals surface area (Å²) < 4.78 is 19.8. The third-order valence-electron chi connectivity index (χ3n) is 4.34. The number of nitrogens with zero attached hydrogens (tertiary/aromatic N) is 4. The Morgan fingerprint density at radius 2 is 1.97 bits per heavy atom. The molecule has 0 N–H and O–H groups in total. The fourth-order valence-electron chi connectivity index (χ4n) is 2.83. The molecule has 31 heavy (non-hydrogen) atoms. The molecule has 0 spiro atoms. The standard InChI is InChI=1S/C21H15FN4O4S/c22-16-6-1-2-7-18(16)30-13-20(27)25(12-14-5-3-4-10-23-14)21-24-17-9-8-15(26(28)29)11-19(17)31-21/h1-11H,12-13H2. The second-order valence-corrected chi connectivity index (χ2v) is 7.43. The van der Waals surface area contributed by atoms with Crippen LogP contribution in [0.2, 0.25) is 0 Å². The van der Waals surface area contributed by atoms with Gasteiger partial charge in [-0.2, -0.15) is 0 Å². The summed E-state index contributed by atoms with van der Waals surface area (Å²) in [5, 5.41) is 11.4. The molecule has 8 nitrogen and oxygen atoms in total. The number of anilines is 1. The Hall–Kier alpha value is -3.92. The predicted octanol–water partition coefficient (Wildman–Crippen LogP) is 4.35. The van der Waals surface area contributed by atoms with Crippen LogP contribution in [-0.2, 0) is 11.3 Å². The van der Waals surface area contributed by atoms with Gasteiger partial charge in [-0.25, -0.2) is 9.37 Å². The molecule has 0 aliphatic rings. The van der Waals surface area contributed by atoms with Crippen molar-refractivity contribution in [3.05, 3.63) is 88.5 Å². The van der Waals surface area contributed by atoms with Gasteiger partial charge in [0.1, 0.15) is 0 Å². The summed E-state index contributed by atoms with van der Waals surface area (Å²) in [5.74, 6) is -1.06. The summed E-state index contributed by atoms with van der Waals surface area (Å²) in [4.78, 5) is 33.6. The first kappa shape index (κ1) is 20.4. The zero-order valence-corrected chi connectivity index (χ0v) is 16.8. The number of carbonyl (C=O) groups excluding carboxylic acids is 1. The highest BCUT2D eigenvalue weighted by atomic mass is 32.1. The van der Waals surface area contributed by atoms with Crippen LogP contribution in [0.5, 0.6) is 5.75 Å². The number of carbonyl (C=O) groups is 1. The monoisotopic (exact) mass is 438 g/mol. The largest absolute Gasteiger partial charge is 0.481 e. The van der Waals surface area contributed by atoms with Gasteiger partial charge in [0.05, 0.1) is 27.4 Å². The van der Waals surface area contributed by atoms with Gasteiger partial charge in [0.25, 0.3) is 11.6 Å². The van der Waals surface area contributed by atoms with Crippen LogP contribution < -0.4 is 9.64 Å². The number of amides is 1. The van der Waals surface area contributed by atoms with Crippen molar-refractivity contribution in [1.29, 1.82) is 0 Å². The average Bonchev–Trinajstić information content (AvgIpc) is 3.20. The molecule has 4 rings (SSSR count). The van der Waals surface area contributed by atoms with E-state index >= 15 is 0 Å². The third-order valence-corrected chi connectivity index (χ3v) is 5.38. The number of halogens is 1. The molecule has 156 valence electrons. The van der Waals surface area contributed by atoms with Crippen LogP contribution in [0.1, 0.15) is 5.69 Å². The molecule has 0 saturated heterocycles. The Bertz CT molecular complexity index is 1250. The molecule has 0 atom stereocenters. The lowest BCUT2D eigenvalue weighted by atomic mass is 10.3. The lowest BCUT2D eigenvalue weighted by Gasteiger charge is -2.19. The number of hydrogen-bond donors (Lipinski definition) is 0. The minimum Gasteiger partial charge on any atom is -0.481 e. The summed E-state index contributed by atoms with van der Waals surface area (Å²) >= 11 is 1.14. The molecule has 0 saturated carbocycles. The van der Waals surface area contributed by atoms with E-state index in [0.717, 1.165) is 11.3 Å². The Morgan fingerprint density at radius 1 is 1.16 bits per heavy atom. The first-order valence-corrected chi connectivity index (χ1v) is 9.95. The smallest absolute Gasteiger partial charge is 0.270 e. The van der Waals surface area contributed by atoms with Crippen LogP contribution in [0, 0.1) is 15.9 Å². The van der Waals surface area contributed by atoms with Crippen molar-refractivity contribution in [3.63, 3.8) is 0 Å². The Labute approximate surface area is 179 Å². The maximum atomic E-state index is 13.8. The van der Waals surface area contributed by atoms with Gasteiger partial charge < -0.3 is 4.74 Å². The van der Waals surface area contributed by atoms with Gasteiger partial charge in [0.2, 0.25) is 0 Å². The number of thiazole rings is 1. The predicted molar refractivity (Wildman–Crippen MR) is 114 cm³/mol. The summed E-state index contributed by atoms with van der Waals surface area (Å²) in [6.07, 6.45) is 1.61. The second kappa shape index (κ2) is 8.84. The summed E-state index contributed by atoms with van der Waals surface area (Å²) in [5.41, 5.74) is 1.08. The zero-order chi connectivity index (χ0) is 21.8. The number of pyridine rings is 1. The van der Waals surface area contributed by atoms with Crippen molar-refractivity contribution >= 4 is 38.3 Å². The molecule has 0 aliphatic heterocycles. The van der Waals surface area contributed by atoms with Gasteiger partial charge in [-0.05, 0) is 30.3 Å². The van der Waals surface area contributed by atoms with Crippen LogP contribution >= 0.6 is 11.3 Å². The molecule has 4 aromatic rings. The van der Waals surface area contributed by atoms with E-state index in [4.69, 9.17) is 4.74 Å². The van der Waals surface area contributed by atoms with Crippen LogP contribution in [-0.4, -0.2) is 27.4 Å². The number of hydrogen-bond acceptors (Lipinski definition) is 7. The molecule has 0 unspecified atom stereocenters. The first-order chi connectivity index (χ1) is 15.0. The fourth-order valence-corrected chi connectivity index (χ4v) is 3.84. The molecule has 0 bridgehead atoms. The normalized spacial score (nSPS) is 10.7. The summed E-state index contributed by atoms with van der Waals surface area (Å²) in [7, 11) is 0. The number of aromatic nitrogens is 2. The highest BCUT2D eigenvalue weighted by Crippen LogP contribution is 2.32. The number of rotatable bonds is 7. The first-order valence-electron chi connectivity index (χ1n) is 9.14. The van der Waals surface area contributed by atoms with Crippen molar-refractivity contribution in [2.24, 2.45) is 0 Å². The van der Waals surface area contributed by atoms with Crippen molar-refractivity contribution < 1.29 is 18.8 Å². The number of non-ortho nitro benzene ring substituents is 1. The second-order valence-electron chi connectivity index (χ2n) is 6.43. The van der Waals surface area contributed by atoms with Crippen molar-refractivity contribution in [2.75, 3.05) is 11.5 Å². The van der Waals surface area contributed by atoms with Crippen LogP contribution in [0.4, 0.5) is 15.2 Å². The maximum absolute atomic E-state index is 13.8. The molecule has 1 amide bonds. The summed E-state index contributed by atoms with van der Waals surface area (Å²) in [6, 6.07) is 15.4. The Balaban J connectivity index is 1.63. The molecule has 0 aliphatic carbocycles. The van der Waals surface area contributed by atoms with E-state index in [9.17, 15) is 19.3 Å². The lowest BCUT2D eigenvalue weighted by Crippen LogP contribution is -2.34. The SMILES string of the molecule is O=C(COc1ccccc1F)N(Cc1ccccn1)c1nc2ccc([N+](=O)[O-])cc2s1. The average molecular weight is 438 g/mol. The molecule has 0 radical (unpaired) electrons. The van der Waals surface area contributed by atoms with Crippen LogP contribution in [0.15, 0.2) is 66.9 Å². The highest BCUT2D eigenvalue weighted by molar-refractivity contribution is 7.22. The number of benzene rings is 2. The van der Waals surface area contributed by atoms with Crippen molar-refractivity contribution in [3.8, 4) is 5.75 Å². The lowest BCUT2D eigenvalue weighted by molar-refractivity contribution is -0.384. The van der Waals surface area contributed by atoms with E-state index in [0.29, 0.717) is 21.0 Å². The minimum absolute atomic E-state index is 0.0337. The van der Waals surface area contributed by atoms with E-state index in [1.807, 2.05) is 0 Å². The fraction of sp³-hybridized carbons (Fsp3) is 0.0952. The highest BCUT2D eigenvalue weighted by Gasteiger charge is 2.22.